The second kappa shape index (κ2) is 8.28. The Labute approximate surface area is 144 Å². The van der Waals surface area contributed by atoms with Gasteiger partial charge in [-0.1, -0.05) is 97.1 Å². The largest absolute Gasteiger partial charge is 0.284 e. The van der Waals surface area contributed by atoms with Crippen LogP contribution in [0, 0.1) is 0 Å². The maximum absolute atomic E-state index is 4.10. The monoisotopic (exact) mass is 313 g/mol. The molecule has 0 N–H and O–H groups in total. The van der Waals surface area contributed by atoms with Crippen molar-refractivity contribution in [3.63, 3.8) is 0 Å². The van der Waals surface area contributed by atoms with Gasteiger partial charge in [0.05, 0.1) is 6.04 Å². The predicted molar refractivity (Wildman–Crippen MR) is 102 cm³/mol. The second-order valence-electron chi connectivity index (χ2n) is 5.97. The summed E-state index contributed by atoms with van der Waals surface area (Å²) < 4.78 is 0. The molecule has 3 aromatic carbocycles. The molecule has 0 aromatic heterocycles. The van der Waals surface area contributed by atoms with Crippen LogP contribution >= 0.6 is 0 Å². The van der Waals surface area contributed by atoms with Gasteiger partial charge in [-0.2, -0.15) is 0 Å². The molecule has 120 valence electrons. The van der Waals surface area contributed by atoms with Crippen LogP contribution in [0.5, 0.6) is 0 Å². The molecule has 3 aromatic rings. The van der Waals surface area contributed by atoms with Crippen LogP contribution in [-0.2, 0) is 13.1 Å². The summed E-state index contributed by atoms with van der Waals surface area (Å²) in [4.78, 5) is 2.47. The third-order valence-electron chi connectivity index (χ3n) is 4.21. The normalized spacial score (nSPS) is 12.0. The van der Waals surface area contributed by atoms with Gasteiger partial charge >= 0.3 is 0 Å². The Morgan fingerprint density at radius 3 is 1.50 bits per heavy atom. The maximum atomic E-state index is 4.10. The third kappa shape index (κ3) is 4.21. The Hall–Kier alpha value is -2.64. The highest BCUT2D eigenvalue weighted by Crippen LogP contribution is 2.26. The molecule has 0 heterocycles. The van der Waals surface area contributed by atoms with Crippen LogP contribution in [-0.4, -0.2) is 4.90 Å². The van der Waals surface area contributed by atoms with Gasteiger partial charge in [-0.25, -0.2) is 0 Å². The van der Waals surface area contributed by atoms with Crippen LogP contribution in [0.2, 0.25) is 0 Å². The molecule has 0 saturated heterocycles. The molecule has 0 aliphatic rings. The Morgan fingerprint density at radius 2 is 1.08 bits per heavy atom. The number of hydrogen-bond donors (Lipinski definition) is 0. The lowest BCUT2D eigenvalue weighted by Gasteiger charge is -2.30. The van der Waals surface area contributed by atoms with Gasteiger partial charge in [0.25, 0.3) is 0 Å². The van der Waals surface area contributed by atoms with Gasteiger partial charge < -0.3 is 0 Å². The molecule has 0 aliphatic carbocycles. The second-order valence-corrected chi connectivity index (χ2v) is 5.97. The minimum Gasteiger partial charge on any atom is -0.284 e. The molecule has 1 nitrogen and oxygen atoms in total. The van der Waals surface area contributed by atoms with Crippen LogP contribution in [0.1, 0.15) is 22.7 Å². The summed E-state index contributed by atoms with van der Waals surface area (Å²) in [6, 6.07) is 32.0. The summed E-state index contributed by atoms with van der Waals surface area (Å²) in [6.45, 7) is 5.88. The fourth-order valence-corrected chi connectivity index (χ4v) is 3.03. The highest BCUT2D eigenvalue weighted by Gasteiger charge is 2.18. The molecular formula is C23H23N. The fraction of sp³-hybridized carbons (Fsp3) is 0.130. The summed E-state index contributed by atoms with van der Waals surface area (Å²) in [5.41, 5.74) is 3.91. The van der Waals surface area contributed by atoms with Gasteiger partial charge in [0, 0.05) is 13.1 Å². The van der Waals surface area contributed by atoms with E-state index in [2.05, 4.69) is 102 Å². The van der Waals surface area contributed by atoms with Crippen LogP contribution < -0.4 is 0 Å². The van der Waals surface area contributed by atoms with E-state index in [1.165, 1.54) is 16.7 Å². The van der Waals surface area contributed by atoms with Crippen molar-refractivity contribution in [1.29, 1.82) is 0 Å². The molecule has 0 bridgehead atoms. The minimum atomic E-state index is 0.187. The van der Waals surface area contributed by atoms with E-state index in [9.17, 15) is 0 Å². The van der Waals surface area contributed by atoms with E-state index in [0.717, 1.165) is 13.1 Å². The van der Waals surface area contributed by atoms with Crippen molar-refractivity contribution < 1.29 is 0 Å². The first kappa shape index (κ1) is 16.2. The molecule has 0 amide bonds. The zero-order chi connectivity index (χ0) is 16.6. The SMILES string of the molecule is C=C[C@H](c1ccccc1)N(Cc1ccccc1)Cc1ccccc1. The van der Waals surface area contributed by atoms with E-state index in [1.807, 2.05) is 6.08 Å². The first-order valence-corrected chi connectivity index (χ1v) is 8.36. The maximum Gasteiger partial charge on any atom is 0.0535 e. The molecule has 0 fully saturated rings. The van der Waals surface area contributed by atoms with Crippen molar-refractivity contribution in [3.05, 3.63) is 120 Å². The van der Waals surface area contributed by atoms with Gasteiger partial charge in [0.2, 0.25) is 0 Å². The first-order chi connectivity index (χ1) is 11.9. The number of benzene rings is 3. The minimum absolute atomic E-state index is 0.187. The molecule has 0 aliphatic heterocycles. The van der Waals surface area contributed by atoms with Gasteiger partial charge in [0.1, 0.15) is 0 Å². The molecule has 1 atom stereocenters. The molecule has 0 unspecified atom stereocenters. The third-order valence-corrected chi connectivity index (χ3v) is 4.21. The van der Waals surface area contributed by atoms with E-state index in [-0.39, 0.29) is 6.04 Å². The van der Waals surface area contributed by atoms with E-state index < -0.39 is 0 Å². The highest BCUT2D eigenvalue weighted by molar-refractivity contribution is 5.25. The molecule has 0 saturated carbocycles. The lowest BCUT2D eigenvalue weighted by molar-refractivity contribution is 0.213. The molecule has 0 spiro atoms. The summed E-state index contributed by atoms with van der Waals surface area (Å²) in [5.74, 6) is 0. The Balaban J connectivity index is 1.89. The summed E-state index contributed by atoms with van der Waals surface area (Å²) in [7, 11) is 0. The fourth-order valence-electron chi connectivity index (χ4n) is 3.03. The van der Waals surface area contributed by atoms with E-state index in [1.54, 1.807) is 0 Å². The number of hydrogen-bond acceptors (Lipinski definition) is 1. The predicted octanol–water partition coefficient (Wildman–Crippen LogP) is 5.62. The van der Waals surface area contributed by atoms with Crippen molar-refractivity contribution in [2.75, 3.05) is 0 Å². The lowest BCUT2D eigenvalue weighted by atomic mass is 10.0. The summed E-state index contributed by atoms with van der Waals surface area (Å²) in [5, 5.41) is 0. The number of rotatable bonds is 7. The average Bonchev–Trinajstić information content (AvgIpc) is 2.65. The van der Waals surface area contributed by atoms with Crippen molar-refractivity contribution in [2.24, 2.45) is 0 Å². The first-order valence-electron chi connectivity index (χ1n) is 8.36. The average molecular weight is 313 g/mol. The van der Waals surface area contributed by atoms with E-state index >= 15 is 0 Å². The Morgan fingerprint density at radius 1 is 0.667 bits per heavy atom. The van der Waals surface area contributed by atoms with Crippen LogP contribution in [0.3, 0.4) is 0 Å². The lowest BCUT2D eigenvalue weighted by Crippen LogP contribution is -2.27. The topological polar surface area (TPSA) is 3.24 Å². The van der Waals surface area contributed by atoms with Gasteiger partial charge in [0.15, 0.2) is 0 Å². The zero-order valence-electron chi connectivity index (χ0n) is 13.9. The standard InChI is InChI=1S/C23H23N/c1-2-23(22-16-10-5-11-17-22)24(18-20-12-6-3-7-13-20)19-21-14-8-4-9-15-21/h2-17,23H,1,18-19H2/t23-/m1/s1. The zero-order valence-corrected chi connectivity index (χ0v) is 13.9. The smallest absolute Gasteiger partial charge is 0.0535 e. The van der Waals surface area contributed by atoms with Gasteiger partial charge in [-0.05, 0) is 16.7 Å². The molecule has 1 heteroatoms. The Bertz CT molecular complexity index is 693. The van der Waals surface area contributed by atoms with Crippen LogP contribution in [0.4, 0.5) is 0 Å². The van der Waals surface area contributed by atoms with Crippen LogP contribution in [0.25, 0.3) is 0 Å². The van der Waals surface area contributed by atoms with Gasteiger partial charge in [-0.3, -0.25) is 4.90 Å². The summed E-state index contributed by atoms with van der Waals surface area (Å²) >= 11 is 0. The molecule has 0 radical (unpaired) electrons. The van der Waals surface area contributed by atoms with Gasteiger partial charge in [-0.15, -0.1) is 6.58 Å². The summed E-state index contributed by atoms with van der Waals surface area (Å²) in [6.07, 6.45) is 2.04. The quantitative estimate of drug-likeness (QED) is 0.512. The van der Waals surface area contributed by atoms with Crippen molar-refractivity contribution >= 4 is 0 Å². The molecule has 3 rings (SSSR count). The van der Waals surface area contributed by atoms with E-state index in [4.69, 9.17) is 0 Å². The molecular weight excluding hydrogens is 290 g/mol. The van der Waals surface area contributed by atoms with Crippen molar-refractivity contribution in [2.45, 2.75) is 19.1 Å². The van der Waals surface area contributed by atoms with Crippen molar-refractivity contribution in [3.8, 4) is 0 Å². The van der Waals surface area contributed by atoms with E-state index in [0.29, 0.717) is 0 Å². The number of nitrogens with zero attached hydrogens (tertiary/aromatic N) is 1. The highest BCUT2D eigenvalue weighted by atomic mass is 15.1. The van der Waals surface area contributed by atoms with Crippen LogP contribution in [0.15, 0.2) is 104 Å². The van der Waals surface area contributed by atoms with Crippen molar-refractivity contribution in [1.82, 2.24) is 4.90 Å². The molecule has 24 heavy (non-hydrogen) atoms. The Kier molecular flexibility index (Phi) is 5.60.